The molecule has 0 saturated carbocycles. The Morgan fingerprint density at radius 2 is 2.40 bits per heavy atom. The smallest absolute Gasteiger partial charge is 0.0451 e. The summed E-state index contributed by atoms with van der Waals surface area (Å²) < 4.78 is 0. The first kappa shape index (κ1) is 10.7. The molecule has 2 unspecified atom stereocenters. The molecule has 3 heteroatoms. The standard InChI is InChI=1S/C12H17ClN2/c1-9-4-6-15(12(9)7-13)11-3-5-14-8-10(11)2/h3,5,8-9,12H,4,6-7H2,1-2H3. The molecule has 0 spiro atoms. The van der Waals surface area contributed by atoms with Gasteiger partial charge >= 0.3 is 0 Å². The molecule has 1 aromatic heterocycles. The lowest BCUT2D eigenvalue weighted by molar-refractivity contribution is 0.550. The normalized spacial score (nSPS) is 25.9. The molecule has 2 rings (SSSR count). The predicted molar refractivity (Wildman–Crippen MR) is 64.6 cm³/mol. The van der Waals surface area contributed by atoms with E-state index in [0.717, 1.165) is 6.54 Å². The van der Waals surface area contributed by atoms with Crippen molar-refractivity contribution in [3.63, 3.8) is 0 Å². The summed E-state index contributed by atoms with van der Waals surface area (Å²) in [6.45, 7) is 5.50. The second-order valence-electron chi connectivity index (χ2n) is 4.34. The van der Waals surface area contributed by atoms with Crippen LogP contribution in [0.15, 0.2) is 18.5 Å². The van der Waals surface area contributed by atoms with Gasteiger partial charge in [-0.3, -0.25) is 4.98 Å². The van der Waals surface area contributed by atoms with Gasteiger partial charge in [0, 0.05) is 36.5 Å². The summed E-state index contributed by atoms with van der Waals surface area (Å²) in [5.74, 6) is 1.40. The van der Waals surface area contributed by atoms with E-state index in [4.69, 9.17) is 11.6 Å². The van der Waals surface area contributed by atoms with Crippen molar-refractivity contribution in [2.75, 3.05) is 17.3 Å². The maximum Gasteiger partial charge on any atom is 0.0451 e. The van der Waals surface area contributed by atoms with Gasteiger partial charge in [-0.2, -0.15) is 0 Å². The molecule has 1 aromatic rings. The second-order valence-corrected chi connectivity index (χ2v) is 4.65. The van der Waals surface area contributed by atoms with E-state index in [1.807, 2.05) is 12.4 Å². The van der Waals surface area contributed by atoms with Crippen LogP contribution >= 0.6 is 11.6 Å². The van der Waals surface area contributed by atoms with E-state index in [0.29, 0.717) is 17.8 Å². The largest absolute Gasteiger partial charge is 0.367 e. The Labute approximate surface area is 96.3 Å². The molecule has 1 fully saturated rings. The third-order valence-electron chi connectivity index (χ3n) is 3.34. The lowest BCUT2D eigenvalue weighted by atomic mass is 10.0. The third kappa shape index (κ3) is 1.96. The molecule has 1 aliphatic rings. The minimum atomic E-state index is 0.479. The van der Waals surface area contributed by atoms with Crippen molar-refractivity contribution in [2.24, 2.45) is 5.92 Å². The quantitative estimate of drug-likeness (QED) is 0.719. The van der Waals surface area contributed by atoms with Crippen LogP contribution in [0, 0.1) is 12.8 Å². The Bertz CT molecular complexity index is 340. The molecule has 2 heterocycles. The summed E-state index contributed by atoms with van der Waals surface area (Å²) >= 11 is 6.04. The van der Waals surface area contributed by atoms with Gasteiger partial charge in [0.25, 0.3) is 0 Å². The van der Waals surface area contributed by atoms with Crippen molar-refractivity contribution in [1.29, 1.82) is 0 Å². The Kier molecular flexibility index (Phi) is 3.15. The number of aromatic nitrogens is 1. The SMILES string of the molecule is Cc1cnccc1N1CCC(C)C1CCl. The van der Waals surface area contributed by atoms with E-state index in [-0.39, 0.29) is 0 Å². The highest BCUT2D eigenvalue weighted by Gasteiger charge is 2.30. The first-order chi connectivity index (χ1) is 7.24. The van der Waals surface area contributed by atoms with Gasteiger partial charge in [0.1, 0.15) is 0 Å². The molecule has 1 aliphatic heterocycles. The molecule has 2 nitrogen and oxygen atoms in total. The van der Waals surface area contributed by atoms with Crippen molar-refractivity contribution >= 4 is 17.3 Å². The summed E-state index contributed by atoms with van der Waals surface area (Å²) in [4.78, 5) is 6.55. The Morgan fingerprint density at radius 3 is 3.07 bits per heavy atom. The minimum absolute atomic E-state index is 0.479. The Balaban J connectivity index is 2.28. The average molecular weight is 225 g/mol. The zero-order valence-electron chi connectivity index (χ0n) is 9.28. The summed E-state index contributed by atoms with van der Waals surface area (Å²) in [6.07, 6.45) is 5.01. The van der Waals surface area contributed by atoms with E-state index < -0.39 is 0 Å². The van der Waals surface area contributed by atoms with Crippen LogP contribution in [0.3, 0.4) is 0 Å². The van der Waals surface area contributed by atoms with Crippen LogP contribution in [-0.4, -0.2) is 23.5 Å². The summed E-state index contributed by atoms with van der Waals surface area (Å²) in [5, 5.41) is 0. The van der Waals surface area contributed by atoms with Gasteiger partial charge in [-0.1, -0.05) is 6.92 Å². The van der Waals surface area contributed by atoms with Crippen molar-refractivity contribution in [3.8, 4) is 0 Å². The van der Waals surface area contributed by atoms with E-state index in [1.165, 1.54) is 17.7 Å². The fourth-order valence-electron chi connectivity index (χ4n) is 2.33. The number of hydrogen-bond donors (Lipinski definition) is 0. The monoisotopic (exact) mass is 224 g/mol. The van der Waals surface area contributed by atoms with Gasteiger partial charge in [-0.25, -0.2) is 0 Å². The molecule has 0 amide bonds. The molecule has 0 aromatic carbocycles. The van der Waals surface area contributed by atoms with Crippen LogP contribution in [0.2, 0.25) is 0 Å². The van der Waals surface area contributed by atoms with Gasteiger partial charge in [-0.05, 0) is 30.9 Å². The zero-order chi connectivity index (χ0) is 10.8. The highest BCUT2D eigenvalue weighted by atomic mass is 35.5. The number of rotatable bonds is 2. The molecular formula is C12H17ClN2. The van der Waals surface area contributed by atoms with Crippen molar-refractivity contribution in [3.05, 3.63) is 24.0 Å². The van der Waals surface area contributed by atoms with Gasteiger partial charge in [0.2, 0.25) is 0 Å². The summed E-state index contributed by atoms with van der Waals surface area (Å²) in [5.41, 5.74) is 2.53. The third-order valence-corrected chi connectivity index (χ3v) is 3.66. The fourth-order valence-corrected chi connectivity index (χ4v) is 2.80. The zero-order valence-corrected chi connectivity index (χ0v) is 10.0. The maximum atomic E-state index is 6.04. The molecule has 15 heavy (non-hydrogen) atoms. The van der Waals surface area contributed by atoms with Crippen LogP contribution in [-0.2, 0) is 0 Å². The number of hydrogen-bond acceptors (Lipinski definition) is 2. The molecule has 82 valence electrons. The van der Waals surface area contributed by atoms with E-state index in [2.05, 4.69) is 29.8 Å². The van der Waals surface area contributed by atoms with Crippen molar-refractivity contribution in [2.45, 2.75) is 26.3 Å². The Morgan fingerprint density at radius 1 is 1.60 bits per heavy atom. The van der Waals surface area contributed by atoms with Gasteiger partial charge in [0.05, 0.1) is 0 Å². The molecule has 0 radical (unpaired) electrons. The number of pyridine rings is 1. The lowest BCUT2D eigenvalue weighted by Crippen LogP contribution is -2.34. The molecule has 0 bridgehead atoms. The van der Waals surface area contributed by atoms with Crippen LogP contribution in [0.5, 0.6) is 0 Å². The van der Waals surface area contributed by atoms with Gasteiger partial charge in [0.15, 0.2) is 0 Å². The van der Waals surface area contributed by atoms with Crippen LogP contribution < -0.4 is 4.90 Å². The first-order valence-corrected chi connectivity index (χ1v) is 6.00. The molecule has 0 aliphatic carbocycles. The molecule has 1 saturated heterocycles. The summed E-state index contributed by atoms with van der Waals surface area (Å²) in [7, 11) is 0. The topological polar surface area (TPSA) is 16.1 Å². The molecular weight excluding hydrogens is 208 g/mol. The Hall–Kier alpha value is -0.760. The maximum absolute atomic E-state index is 6.04. The lowest BCUT2D eigenvalue weighted by Gasteiger charge is -2.28. The van der Waals surface area contributed by atoms with Crippen LogP contribution in [0.25, 0.3) is 0 Å². The molecule has 2 atom stereocenters. The number of aryl methyl sites for hydroxylation is 1. The molecule has 0 N–H and O–H groups in total. The van der Waals surface area contributed by atoms with E-state index in [1.54, 1.807) is 0 Å². The minimum Gasteiger partial charge on any atom is -0.367 e. The highest BCUT2D eigenvalue weighted by Crippen LogP contribution is 2.31. The number of halogens is 1. The number of nitrogens with zero attached hydrogens (tertiary/aromatic N) is 2. The second kappa shape index (κ2) is 4.40. The van der Waals surface area contributed by atoms with Gasteiger partial charge in [-0.15, -0.1) is 11.6 Å². The van der Waals surface area contributed by atoms with Crippen LogP contribution in [0.4, 0.5) is 5.69 Å². The van der Waals surface area contributed by atoms with E-state index >= 15 is 0 Å². The predicted octanol–water partition coefficient (Wildman–Crippen LogP) is 2.84. The number of anilines is 1. The fraction of sp³-hybridized carbons (Fsp3) is 0.583. The highest BCUT2D eigenvalue weighted by molar-refractivity contribution is 6.18. The van der Waals surface area contributed by atoms with Crippen molar-refractivity contribution < 1.29 is 0 Å². The summed E-state index contributed by atoms with van der Waals surface area (Å²) in [6, 6.07) is 2.57. The van der Waals surface area contributed by atoms with Crippen LogP contribution in [0.1, 0.15) is 18.9 Å². The van der Waals surface area contributed by atoms with E-state index in [9.17, 15) is 0 Å². The average Bonchev–Trinajstić information content (AvgIpc) is 2.60. The van der Waals surface area contributed by atoms with Crippen molar-refractivity contribution in [1.82, 2.24) is 4.98 Å². The first-order valence-electron chi connectivity index (χ1n) is 5.47. The number of alkyl halides is 1. The van der Waals surface area contributed by atoms with Gasteiger partial charge < -0.3 is 4.90 Å².